The van der Waals surface area contributed by atoms with Gasteiger partial charge in [0.15, 0.2) is 0 Å². The van der Waals surface area contributed by atoms with Crippen LogP contribution in [-0.2, 0) is 0 Å². The Balaban J connectivity index is 0.970. The first-order valence-electron chi connectivity index (χ1n) is 46.5. The van der Waals surface area contributed by atoms with Crippen LogP contribution in [0.1, 0.15) is 33.4 Å². The summed E-state index contributed by atoms with van der Waals surface area (Å²) in [6.45, 7) is 12.9. The van der Waals surface area contributed by atoms with Crippen LogP contribution in [0.2, 0.25) is 0 Å². The van der Waals surface area contributed by atoms with Crippen molar-refractivity contribution in [1.82, 2.24) is 0 Å². The Bertz CT molecular complexity index is 6340. The molecule has 0 bridgehead atoms. The molecule has 19 aromatic rings. The van der Waals surface area contributed by atoms with Crippen LogP contribution in [0.4, 0.5) is 102 Å². The smallest absolute Gasteiger partial charge is 0.119 e. The van der Waals surface area contributed by atoms with Gasteiger partial charge < -0.3 is 57.8 Å². The number of ether oxygens (including phenoxy) is 6. The predicted octanol–water partition coefficient (Wildman–Crippen LogP) is 34.4. The van der Waals surface area contributed by atoms with E-state index in [-0.39, 0.29) is 0 Å². The molecule has 19 rings (SSSR count). The molecule has 0 saturated heterocycles. The summed E-state index contributed by atoms with van der Waals surface area (Å²) in [5.41, 5.74) is 36.4. The lowest BCUT2D eigenvalue weighted by Gasteiger charge is -2.31. The van der Waals surface area contributed by atoms with E-state index >= 15 is 0 Å². The van der Waals surface area contributed by atoms with E-state index in [1.807, 2.05) is 72.8 Å². The number of rotatable bonds is 30. The summed E-state index contributed by atoms with van der Waals surface area (Å²) in [6.07, 6.45) is 0. The quantitative estimate of drug-likeness (QED) is 0.0430. The van der Waals surface area contributed by atoms with Crippen LogP contribution in [0.25, 0.3) is 66.8 Å². The fraction of sp³-hybridized carbons (Fsp3) is 0.0952. The number of hydrogen-bond acceptors (Lipinski definition) is 12. The molecule has 0 amide bonds. The van der Waals surface area contributed by atoms with Crippen LogP contribution in [0.3, 0.4) is 0 Å². The Labute approximate surface area is 810 Å². The van der Waals surface area contributed by atoms with Gasteiger partial charge in [-0.1, -0.05) is 179 Å². The average Bonchev–Trinajstić information content (AvgIpc) is 0.709. The van der Waals surface area contributed by atoms with Crippen molar-refractivity contribution >= 4 is 102 Å². The minimum Gasteiger partial charge on any atom is -0.497 e. The van der Waals surface area contributed by atoms with Crippen molar-refractivity contribution in [3.8, 4) is 101 Å². The maximum absolute atomic E-state index is 5.83. The lowest BCUT2D eigenvalue weighted by molar-refractivity contribution is 0.414. The van der Waals surface area contributed by atoms with Gasteiger partial charge in [0.1, 0.15) is 34.5 Å². The van der Waals surface area contributed by atoms with E-state index < -0.39 is 0 Å². The number of aryl methyl sites for hydroxylation is 6. The monoisotopic (exact) mass is 1800 g/mol. The van der Waals surface area contributed by atoms with Crippen LogP contribution < -0.4 is 57.8 Å². The third-order valence-electron chi connectivity index (χ3n) is 25.7. The summed E-state index contributed by atoms with van der Waals surface area (Å²) in [4.78, 5) is 14.0. The SMILES string of the molecule is COc1ccc(N(c2ccc(OC)cc2)c2ccc(-c3c(-c4ccc(N(c5ccc(C)cc5)c5ccc(C)cc5)cc4)c(-c4ccc(N(c5ccc(C)cc5)c5ccc(C)cc5)cc4)c(-c4ccc(N(c5ccc(OC)cc5)c5ccc(OC)cc5)cc4)c(-c4ccc(N(c5ccc(OC)cc5)c5ccc(OC)cc5)cc4)c3-c3ccc(N(c4ccc(C)cc4)c4ccc(C)cc4)cc3)cc2)cc1. The molecule has 0 unspecified atom stereocenters. The van der Waals surface area contributed by atoms with E-state index in [1.54, 1.807) is 42.7 Å². The fourth-order valence-corrected chi connectivity index (χ4v) is 18.4. The van der Waals surface area contributed by atoms with Crippen molar-refractivity contribution in [2.75, 3.05) is 72.1 Å². The average molecular weight is 1800 g/mol. The van der Waals surface area contributed by atoms with Gasteiger partial charge in [-0.2, -0.15) is 0 Å². The van der Waals surface area contributed by atoms with E-state index in [2.05, 4.69) is 435 Å². The van der Waals surface area contributed by atoms with Gasteiger partial charge >= 0.3 is 0 Å². The first-order chi connectivity index (χ1) is 67.6. The minimum atomic E-state index is 0.750. The van der Waals surface area contributed by atoms with Crippen LogP contribution in [0.15, 0.2) is 437 Å². The van der Waals surface area contributed by atoms with E-state index in [0.717, 1.165) is 204 Å². The van der Waals surface area contributed by atoms with Crippen LogP contribution >= 0.6 is 0 Å². The highest BCUT2D eigenvalue weighted by molar-refractivity contribution is 6.16. The topological polar surface area (TPSA) is 74.8 Å². The number of benzene rings is 19. The van der Waals surface area contributed by atoms with E-state index in [0.29, 0.717) is 0 Å². The molecule has 0 spiro atoms. The second-order valence-corrected chi connectivity index (χ2v) is 34.7. The van der Waals surface area contributed by atoms with Gasteiger partial charge in [-0.3, -0.25) is 0 Å². The van der Waals surface area contributed by atoms with E-state index in [9.17, 15) is 0 Å². The third kappa shape index (κ3) is 19.0. The van der Waals surface area contributed by atoms with Gasteiger partial charge in [0.2, 0.25) is 0 Å². The molecule has 0 atom stereocenters. The molecule has 0 aromatic heterocycles. The number of hydrogen-bond donors (Lipinski definition) is 0. The molecular formula is C126H108N6O6. The lowest BCUT2D eigenvalue weighted by atomic mass is 9.74. The second kappa shape index (κ2) is 40.3. The summed E-state index contributed by atoms with van der Waals surface area (Å²) in [5, 5.41) is 0. The summed E-state index contributed by atoms with van der Waals surface area (Å²) in [5.74, 6) is 4.51. The third-order valence-corrected chi connectivity index (χ3v) is 25.7. The van der Waals surface area contributed by atoms with Gasteiger partial charge in [-0.15, -0.1) is 0 Å². The fourth-order valence-electron chi connectivity index (χ4n) is 18.4. The highest BCUT2D eigenvalue weighted by Crippen LogP contribution is 2.59. The van der Waals surface area contributed by atoms with Crippen LogP contribution in [0, 0.1) is 41.5 Å². The molecule has 0 aliphatic heterocycles. The summed E-state index contributed by atoms with van der Waals surface area (Å²) in [6, 6.07) is 158. The molecule has 12 heteroatoms. The molecule has 678 valence electrons. The zero-order valence-electron chi connectivity index (χ0n) is 79.7. The highest BCUT2D eigenvalue weighted by Gasteiger charge is 2.33. The molecule has 0 saturated carbocycles. The molecule has 0 fully saturated rings. The van der Waals surface area contributed by atoms with Crippen molar-refractivity contribution in [2.45, 2.75) is 41.5 Å². The number of methoxy groups -OCH3 is 6. The predicted molar refractivity (Wildman–Crippen MR) is 575 cm³/mol. The lowest BCUT2D eigenvalue weighted by Crippen LogP contribution is -2.11. The normalized spacial score (nSPS) is 11.0. The summed E-state index contributed by atoms with van der Waals surface area (Å²) in [7, 11) is 10.2. The molecule has 19 aromatic carbocycles. The van der Waals surface area contributed by atoms with Crippen molar-refractivity contribution in [3.63, 3.8) is 0 Å². The molecule has 0 radical (unpaired) electrons. The van der Waals surface area contributed by atoms with Crippen molar-refractivity contribution in [1.29, 1.82) is 0 Å². The van der Waals surface area contributed by atoms with Crippen LogP contribution in [0.5, 0.6) is 34.5 Å². The van der Waals surface area contributed by atoms with Gasteiger partial charge in [0, 0.05) is 102 Å². The van der Waals surface area contributed by atoms with Crippen molar-refractivity contribution in [3.05, 3.63) is 470 Å². The Morgan fingerprint density at radius 3 is 0.275 bits per heavy atom. The summed E-state index contributed by atoms with van der Waals surface area (Å²) >= 11 is 0. The maximum atomic E-state index is 5.83. The van der Waals surface area contributed by atoms with Gasteiger partial charge in [0.05, 0.1) is 42.7 Å². The Morgan fingerprint density at radius 1 is 0.109 bits per heavy atom. The van der Waals surface area contributed by atoms with E-state index in [1.165, 1.54) is 33.4 Å². The molecule has 0 aliphatic carbocycles. The number of anilines is 18. The first-order valence-corrected chi connectivity index (χ1v) is 46.5. The van der Waals surface area contributed by atoms with Gasteiger partial charge in [-0.05, 0) is 399 Å². The maximum Gasteiger partial charge on any atom is 0.119 e. The van der Waals surface area contributed by atoms with Crippen LogP contribution in [-0.4, -0.2) is 42.7 Å². The molecule has 138 heavy (non-hydrogen) atoms. The Hall–Kier alpha value is -17.2. The highest BCUT2D eigenvalue weighted by atomic mass is 16.5. The Kier molecular flexibility index (Phi) is 26.3. The van der Waals surface area contributed by atoms with Gasteiger partial charge in [-0.25, -0.2) is 0 Å². The molecule has 12 nitrogen and oxygen atoms in total. The molecule has 0 N–H and O–H groups in total. The standard InChI is InChI=1S/C126H108N6O6/c1-85-13-37-97(38-14-85)127(98-39-15-86(2)16-40-98)103-49-25-91(26-50-103)121-122(92-27-51-104(52-28-92)128(99-41-17-87(3)18-42-99)100-43-19-88(4)20-44-100)125(95-33-57-107(58-34-95)131(111-65-77-117(135-9)78-66-111)112-67-79-118(136-10)80-68-112)126(96-35-59-108(60-36-96)132(113-69-81-119(137-11)82-70-113)114-71-83-120(138-12)84-72-114)123(93-29-53-105(54-30-93)129(101-45-21-89(5)22-46-101)102-47-23-90(6)24-48-102)124(121)94-31-55-106(56-32-94)130(109-61-73-115(133-7)74-62-109)110-63-75-116(134-8)76-64-110/h13-84H,1-12H3. The first kappa shape index (κ1) is 90.0. The number of nitrogens with zero attached hydrogens (tertiary/aromatic N) is 6. The van der Waals surface area contributed by atoms with E-state index in [4.69, 9.17) is 28.4 Å². The minimum absolute atomic E-state index is 0.750. The van der Waals surface area contributed by atoms with Crippen molar-refractivity contribution < 1.29 is 28.4 Å². The zero-order chi connectivity index (χ0) is 94.9. The van der Waals surface area contributed by atoms with Gasteiger partial charge in [0.25, 0.3) is 0 Å². The molecule has 0 heterocycles. The largest absolute Gasteiger partial charge is 0.497 e. The second-order valence-electron chi connectivity index (χ2n) is 34.7. The molecule has 0 aliphatic rings. The zero-order valence-corrected chi connectivity index (χ0v) is 79.7. The van der Waals surface area contributed by atoms with Crippen molar-refractivity contribution in [2.24, 2.45) is 0 Å². The Morgan fingerprint density at radius 2 is 0.188 bits per heavy atom. The molecular weight excluding hydrogens is 1690 g/mol. The summed E-state index contributed by atoms with van der Waals surface area (Å²) < 4.78 is 35.0.